The van der Waals surface area contributed by atoms with Crippen molar-refractivity contribution in [3.8, 4) is 5.75 Å². The molecule has 0 aliphatic rings. The highest BCUT2D eigenvalue weighted by atomic mass is 19.1. The van der Waals surface area contributed by atoms with E-state index in [1.54, 1.807) is 31.2 Å². The molecule has 5 heteroatoms. The Morgan fingerprint density at radius 1 is 0.903 bits per heavy atom. The SMILES string of the molecule is CC(Oc1ccc(F)cc1)C(=O)Nc1cccc(C(=O)c2ccc(C(C)(C)C)cc2)c1. The van der Waals surface area contributed by atoms with E-state index >= 15 is 0 Å². The van der Waals surface area contributed by atoms with Gasteiger partial charge in [0.2, 0.25) is 0 Å². The molecule has 31 heavy (non-hydrogen) atoms. The summed E-state index contributed by atoms with van der Waals surface area (Å²) in [5.74, 6) is -0.471. The smallest absolute Gasteiger partial charge is 0.265 e. The maximum atomic E-state index is 13.0. The van der Waals surface area contributed by atoms with Gasteiger partial charge in [-0.15, -0.1) is 0 Å². The molecule has 160 valence electrons. The van der Waals surface area contributed by atoms with Crippen LogP contribution in [0.15, 0.2) is 72.8 Å². The second kappa shape index (κ2) is 9.13. The van der Waals surface area contributed by atoms with E-state index in [9.17, 15) is 14.0 Å². The van der Waals surface area contributed by atoms with Crippen molar-refractivity contribution in [2.75, 3.05) is 5.32 Å². The number of hydrogen-bond acceptors (Lipinski definition) is 3. The minimum Gasteiger partial charge on any atom is -0.481 e. The molecule has 0 aliphatic heterocycles. The van der Waals surface area contributed by atoms with Crippen LogP contribution in [0.4, 0.5) is 10.1 Å². The number of hydrogen-bond donors (Lipinski definition) is 1. The Balaban J connectivity index is 1.68. The summed E-state index contributed by atoms with van der Waals surface area (Å²) in [4.78, 5) is 25.4. The van der Waals surface area contributed by atoms with E-state index in [4.69, 9.17) is 4.74 Å². The van der Waals surface area contributed by atoms with E-state index in [-0.39, 0.29) is 22.9 Å². The fourth-order valence-electron chi connectivity index (χ4n) is 3.04. The van der Waals surface area contributed by atoms with Crippen LogP contribution in [0, 0.1) is 5.82 Å². The van der Waals surface area contributed by atoms with Crippen molar-refractivity contribution in [3.63, 3.8) is 0 Å². The Bertz CT molecular complexity index is 1070. The second-order valence-electron chi connectivity index (χ2n) is 8.44. The maximum absolute atomic E-state index is 13.0. The van der Waals surface area contributed by atoms with Crippen LogP contribution >= 0.6 is 0 Å². The highest BCUT2D eigenvalue weighted by molar-refractivity contribution is 6.09. The first-order chi connectivity index (χ1) is 14.6. The third kappa shape index (κ3) is 5.79. The Morgan fingerprint density at radius 3 is 2.16 bits per heavy atom. The lowest BCUT2D eigenvalue weighted by molar-refractivity contribution is -0.122. The molecule has 0 spiro atoms. The van der Waals surface area contributed by atoms with Gasteiger partial charge in [-0.3, -0.25) is 9.59 Å². The zero-order chi connectivity index (χ0) is 22.6. The van der Waals surface area contributed by atoms with E-state index in [1.807, 2.05) is 24.3 Å². The van der Waals surface area contributed by atoms with Crippen LogP contribution in [0.3, 0.4) is 0 Å². The van der Waals surface area contributed by atoms with Crippen LogP contribution in [-0.2, 0) is 10.2 Å². The van der Waals surface area contributed by atoms with Crippen LogP contribution in [0.25, 0.3) is 0 Å². The fourth-order valence-corrected chi connectivity index (χ4v) is 3.04. The predicted molar refractivity (Wildman–Crippen MR) is 120 cm³/mol. The summed E-state index contributed by atoms with van der Waals surface area (Å²) in [6.07, 6.45) is -0.797. The first kappa shape index (κ1) is 22.2. The van der Waals surface area contributed by atoms with E-state index in [2.05, 4.69) is 26.1 Å². The first-order valence-electron chi connectivity index (χ1n) is 10.1. The lowest BCUT2D eigenvalue weighted by Gasteiger charge is -2.19. The number of amides is 1. The average Bonchev–Trinajstić information content (AvgIpc) is 2.74. The van der Waals surface area contributed by atoms with Crippen LogP contribution < -0.4 is 10.1 Å². The lowest BCUT2D eigenvalue weighted by atomic mass is 9.86. The second-order valence-corrected chi connectivity index (χ2v) is 8.44. The number of carbonyl (C=O) groups is 2. The first-order valence-corrected chi connectivity index (χ1v) is 10.1. The minimum atomic E-state index is -0.797. The average molecular weight is 419 g/mol. The van der Waals surface area contributed by atoms with Gasteiger partial charge in [-0.25, -0.2) is 4.39 Å². The molecule has 0 saturated carbocycles. The number of ketones is 1. The van der Waals surface area contributed by atoms with Crippen molar-refractivity contribution in [1.82, 2.24) is 0 Å². The van der Waals surface area contributed by atoms with Crippen molar-refractivity contribution in [2.45, 2.75) is 39.2 Å². The van der Waals surface area contributed by atoms with Gasteiger partial charge in [0.1, 0.15) is 11.6 Å². The summed E-state index contributed by atoms with van der Waals surface area (Å²) in [6, 6.07) is 19.8. The maximum Gasteiger partial charge on any atom is 0.265 e. The van der Waals surface area contributed by atoms with Crippen molar-refractivity contribution in [3.05, 3.63) is 95.3 Å². The molecule has 0 fully saturated rings. The van der Waals surface area contributed by atoms with E-state index in [1.165, 1.54) is 24.3 Å². The third-order valence-electron chi connectivity index (χ3n) is 4.90. The Labute approximate surface area is 182 Å². The van der Waals surface area contributed by atoms with Gasteiger partial charge in [-0.1, -0.05) is 57.2 Å². The number of halogens is 1. The minimum absolute atomic E-state index is 0.0124. The molecule has 1 atom stereocenters. The zero-order valence-corrected chi connectivity index (χ0v) is 18.1. The zero-order valence-electron chi connectivity index (χ0n) is 18.1. The Hall–Kier alpha value is -3.47. The Morgan fingerprint density at radius 2 is 1.55 bits per heavy atom. The molecule has 3 aromatic rings. The quantitative estimate of drug-likeness (QED) is 0.517. The predicted octanol–water partition coefficient (Wildman–Crippen LogP) is 5.76. The molecule has 0 heterocycles. The van der Waals surface area contributed by atoms with E-state index < -0.39 is 6.10 Å². The number of carbonyl (C=O) groups excluding carboxylic acids is 2. The summed E-state index contributed by atoms with van der Waals surface area (Å²) in [6.45, 7) is 7.97. The Kier molecular flexibility index (Phi) is 6.54. The van der Waals surface area contributed by atoms with E-state index in [0.29, 0.717) is 22.6 Å². The van der Waals surface area contributed by atoms with Crippen LogP contribution in [0.2, 0.25) is 0 Å². The number of nitrogens with one attached hydrogen (secondary N) is 1. The largest absolute Gasteiger partial charge is 0.481 e. The van der Waals surface area contributed by atoms with Gasteiger partial charge < -0.3 is 10.1 Å². The summed E-state index contributed by atoms with van der Waals surface area (Å²) in [5, 5.41) is 2.76. The fraction of sp³-hybridized carbons (Fsp3) is 0.231. The van der Waals surface area contributed by atoms with Gasteiger partial charge in [-0.2, -0.15) is 0 Å². The third-order valence-corrected chi connectivity index (χ3v) is 4.90. The number of ether oxygens (including phenoxy) is 1. The van der Waals surface area contributed by atoms with E-state index in [0.717, 1.165) is 5.56 Å². The molecule has 3 rings (SSSR count). The molecule has 1 N–H and O–H groups in total. The van der Waals surface area contributed by atoms with Gasteiger partial charge in [0.15, 0.2) is 11.9 Å². The monoisotopic (exact) mass is 419 g/mol. The van der Waals surface area contributed by atoms with Gasteiger partial charge in [0.05, 0.1) is 0 Å². The molecule has 0 radical (unpaired) electrons. The van der Waals surface area contributed by atoms with Crippen LogP contribution in [0.5, 0.6) is 5.75 Å². The van der Waals surface area contributed by atoms with Gasteiger partial charge in [0, 0.05) is 16.8 Å². The van der Waals surface area contributed by atoms with Crippen LogP contribution in [-0.4, -0.2) is 17.8 Å². The molecule has 0 saturated heterocycles. The summed E-state index contributed by atoms with van der Waals surface area (Å²) in [7, 11) is 0. The van der Waals surface area contributed by atoms with Gasteiger partial charge in [-0.05, 0) is 54.3 Å². The normalized spacial score (nSPS) is 12.2. The molecule has 0 bridgehead atoms. The van der Waals surface area contributed by atoms with Crippen molar-refractivity contribution in [1.29, 1.82) is 0 Å². The topological polar surface area (TPSA) is 55.4 Å². The molecule has 0 aliphatic carbocycles. The molecule has 1 amide bonds. The molecular formula is C26H26FNO3. The molecule has 4 nitrogen and oxygen atoms in total. The standard InChI is InChI=1S/C26H26FNO3/c1-17(31-23-14-12-21(27)13-15-23)25(30)28-22-7-5-6-19(16-22)24(29)18-8-10-20(11-9-18)26(2,3)4/h5-17H,1-4H3,(H,28,30). The highest BCUT2D eigenvalue weighted by Gasteiger charge is 2.17. The number of benzene rings is 3. The lowest BCUT2D eigenvalue weighted by Crippen LogP contribution is -2.30. The molecule has 3 aromatic carbocycles. The highest BCUT2D eigenvalue weighted by Crippen LogP contribution is 2.23. The molecule has 1 unspecified atom stereocenters. The summed E-state index contributed by atoms with van der Waals surface area (Å²) < 4.78 is 18.5. The van der Waals surface area contributed by atoms with Crippen molar-refractivity contribution >= 4 is 17.4 Å². The van der Waals surface area contributed by atoms with Crippen LogP contribution in [0.1, 0.15) is 49.2 Å². The number of anilines is 1. The summed E-state index contributed by atoms with van der Waals surface area (Å²) >= 11 is 0. The van der Waals surface area contributed by atoms with Gasteiger partial charge >= 0.3 is 0 Å². The summed E-state index contributed by atoms with van der Waals surface area (Å²) in [5.41, 5.74) is 2.73. The van der Waals surface area contributed by atoms with Gasteiger partial charge in [0.25, 0.3) is 5.91 Å². The molecule has 0 aromatic heterocycles. The number of rotatable bonds is 6. The van der Waals surface area contributed by atoms with Crippen molar-refractivity contribution in [2.24, 2.45) is 0 Å². The van der Waals surface area contributed by atoms with Crippen molar-refractivity contribution < 1.29 is 18.7 Å². The molecular weight excluding hydrogens is 393 g/mol.